The van der Waals surface area contributed by atoms with Gasteiger partial charge in [0.1, 0.15) is 18.2 Å². The Labute approximate surface area is 172 Å². The van der Waals surface area contributed by atoms with Gasteiger partial charge in [0.05, 0.1) is 5.75 Å². The summed E-state index contributed by atoms with van der Waals surface area (Å²) >= 11 is 1.14. The first-order chi connectivity index (χ1) is 13.7. The van der Waals surface area contributed by atoms with Crippen molar-refractivity contribution in [3.8, 4) is 5.75 Å². The molecule has 0 saturated carbocycles. The molecule has 0 radical (unpaired) electrons. The van der Waals surface area contributed by atoms with Crippen LogP contribution in [0, 0.1) is 5.82 Å². The molecule has 0 saturated heterocycles. The quantitative estimate of drug-likeness (QED) is 0.502. The normalized spacial score (nSPS) is 11.0. The van der Waals surface area contributed by atoms with Crippen LogP contribution in [-0.4, -0.2) is 38.0 Å². The molecule has 156 valence electrons. The maximum absolute atomic E-state index is 13.0. The highest BCUT2D eigenvalue weighted by molar-refractivity contribution is 7.99. The van der Waals surface area contributed by atoms with Crippen LogP contribution >= 0.6 is 11.8 Å². The first kappa shape index (κ1) is 22.4. The lowest BCUT2D eigenvalue weighted by molar-refractivity contribution is -0.117. The van der Waals surface area contributed by atoms with Crippen molar-refractivity contribution in [3.05, 3.63) is 48.6 Å². The van der Waals surface area contributed by atoms with Crippen LogP contribution in [0.5, 0.6) is 5.75 Å². The topological polar surface area (TPSA) is 98.1 Å². The summed E-state index contributed by atoms with van der Waals surface area (Å²) in [5.74, 6) is 0.223. The van der Waals surface area contributed by atoms with Gasteiger partial charge in [-0.2, -0.15) is 0 Å². The minimum atomic E-state index is -0.552. The van der Waals surface area contributed by atoms with E-state index in [0.717, 1.165) is 11.8 Å². The van der Waals surface area contributed by atoms with Gasteiger partial charge in [0, 0.05) is 12.1 Å². The van der Waals surface area contributed by atoms with E-state index >= 15 is 0 Å². The summed E-state index contributed by atoms with van der Waals surface area (Å²) in [5.41, 5.74) is -0.443. The molecule has 0 aliphatic heterocycles. The average Bonchev–Trinajstić information content (AvgIpc) is 3.00. The van der Waals surface area contributed by atoms with E-state index < -0.39 is 17.5 Å². The molecule has 0 bridgehead atoms. The molecule has 2 aromatic rings. The van der Waals surface area contributed by atoms with E-state index in [9.17, 15) is 14.0 Å². The van der Waals surface area contributed by atoms with Crippen LogP contribution in [0.25, 0.3) is 0 Å². The number of amides is 3. The molecule has 1 heterocycles. The lowest BCUT2D eigenvalue weighted by Gasteiger charge is -2.20. The number of hydrogen-bond acceptors (Lipinski definition) is 6. The summed E-state index contributed by atoms with van der Waals surface area (Å²) in [6.07, 6.45) is 1.67. The van der Waals surface area contributed by atoms with Crippen molar-refractivity contribution < 1.29 is 18.7 Å². The Kier molecular flexibility index (Phi) is 7.77. The van der Waals surface area contributed by atoms with E-state index in [4.69, 9.17) is 4.74 Å². The van der Waals surface area contributed by atoms with Crippen LogP contribution in [0.1, 0.15) is 26.6 Å². The number of rotatable bonds is 8. The lowest BCUT2D eigenvalue weighted by Crippen LogP contribution is -2.48. The zero-order chi connectivity index (χ0) is 21.4. The van der Waals surface area contributed by atoms with Crippen molar-refractivity contribution >= 4 is 23.7 Å². The third-order valence-electron chi connectivity index (χ3n) is 3.36. The zero-order valence-electron chi connectivity index (χ0n) is 16.6. The molecule has 2 rings (SSSR count). The number of hydrogen-bond donors (Lipinski definition) is 2. The van der Waals surface area contributed by atoms with Gasteiger partial charge in [0.2, 0.25) is 5.91 Å². The fraction of sp³-hybridized carbons (Fsp3) is 0.368. The van der Waals surface area contributed by atoms with Crippen molar-refractivity contribution in [3.63, 3.8) is 0 Å². The van der Waals surface area contributed by atoms with Crippen LogP contribution in [0.15, 0.2) is 42.1 Å². The van der Waals surface area contributed by atoms with Crippen LogP contribution in [0.2, 0.25) is 0 Å². The van der Waals surface area contributed by atoms with Crippen molar-refractivity contribution in [1.29, 1.82) is 0 Å². The number of nitrogens with one attached hydrogen (secondary N) is 2. The van der Waals surface area contributed by atoms with Gasteiger partial charge in [-0.15, -0.1) is 16.8 Å². The van der Waals surface area contributed by atoms with Crippen molar-refractivity contribution in [2.75, 3.05) is 5.75 Å². The standard InChI is InChI=1S/C19H24FN5O3S/c1-5-10-25-15(11-28-14-8-6-13(20)7-9-14)23-24-18(25)29-12-16(26)21-17(27)22-19(2,3)4/h5-9H,1,10-12H2,2-4H3,(H2,21,22,26,27). The molecule has 0 aliphatic rings. The third-order valence-corrected chi connectivity index (χ3v) is 4.33. The number of benzene rings is 1. The number of carbonyl (C=O) groups excluding carboxylic acids is 2. The number of thioether (sulfide) groups is 1. The van der Waals surface area contributed by atoms with Gasteiger partial charge in [-0.25, -0.2) is 9.18 Å². The maximum Gasteiger partial charge on any atom is 0.321 e. The molecule has 10 heteroatoms. The maximum atomic E-state index is 13.0. The molecule has 29 heavy (non-hydrogen) atoms. The van der Waals surface area contributed by atoms with Gasteiger partial charge in [-0.05, 0) is 45.0 Å². The number of ether oxygens (including phenoxy) is 1. The highest BCUT2D eigenvalue weighted by Crippen LogP contribution is 2.19. The first-order valence-electron chi connectivity index (χ1n) is 8.84. The largest absolute Gasteiger partial charge is 0.486 e. The molecular weight excluding hydrogens is 397 g/mol. The zero-order valence-corrected chi connectivity index (χ0v) is 17.4. The number of aromatic nitrogens is 3. The summed E-state index contributed by atoms with van der Waals surface area (Å²) in [6, 6.07) is 5.10. The number of allylic oxidation sites excluding steroid dienone is 1. The third kappa shape index (κ3) is 7.57. The van der Waals surface area contributed by atoms with Crippen LogP contribution < -0.4 is 15.4 Å². The van der Waals surface area contributed by atoms with E-state index in [2.05, 4.69) is 27.4 Å². The van der Waals surface area contributed by atoms with Crippen LogP contribution in [-0.2, 0) is 17.9 Å². The van der Waals surface area contributed by atoms with Gasteiger partial charge in [0.25, 0.3) is 0 Å². The van der Waals surface area contributed by atoms with Gasteiger partial charge >= 0.3 is 6.03 Å². The summed E-state index contributed by atoms with van der Waals surface area (Å²) in [6.45, 7) is 9.71. The second kappa shape index (κ2) is 10.1. The van der Waals surface area contributed by atoms with Crippen LogP contribution in [0.3, 0.4) is 0 Å². The minimum Gasteiger partial charge on any atom is -0.486 e. The second-order valence-corrected chi connectivity index (χ2v) is 8.02. The molecule has 1 aromatic heterocycles. The molecule has 1 aromatic carbocycles. The van der Waals surface area contributed by atoms with E-state index in [1.807, 2.05) is 20.8 Å². The summed E-state index contributed by atoms with van der Waals surface area (Å²) in [4.78, 5) is 23.8. The number of urea groups is 1. The SMILES string of the molecule is C=CCn1c(COc2ccc(F)cc2)nnc1SCC(=O)NC(=O)NC(C)(C)C. The minimum absolute atomic E-state index is 0.00828. The molecule has 2 N–H and O–H groups in total. The predicted molar refractivity (Wildman–Crippen MR) is 108 cm³/mol. The Balaban J connectivity index is 1.95. The Morgan fingerprint density at radius 2 is 1.97 bits per heavy atom. The highest BCUT2D eigenvalue weighted by Gasteiger charge is 2.18. The highest BCUT2D eigenvalue weighted by atomic mass is 32.2. The van der Waals surface area contributed by atoms with Crippen molar-refractivity contribution in [2.45, 2.75) is 44.6 Å². The molecule has 0 unspecified atom stereocenters. The van der Waals surface area contributed by atoms with E-state index in [-0.39, 0.29) is 18.2 Å². The fourth-order valence-corrected chi connectivity index (χ4v) is 2.96. The fourth-order valence-electron chi connectivity index (χ4n) is 2.19. The number of carbonyl (C=O) groups is 2. The first-order valence-corrected chi connectivity index (χ1v) is 9.82. The summed E-state index contributed by atoms with van der Waals surface area (Å²) in [5, 5.41) is 13.6. The van der Waals surface area contributed by atoms with Gasteiger partial charge < -0.3 is 10.1 Å². The number of nitrogens with zero attached hydrogens (tertiary/aromatic N) is 3. The molecule has 8 nitrogen and oxygen atoms in total. The number of halogens is 1. The van der Waals surface area contributed by atoms with E-state index in [1.165, 1.54) is 24.3 Å². The van der Waals surface area contributed by atoms with Crippen molar-refractivity contribution in [1.82, 2.24) is 25.4 Å². The Bertz CT molecular complexity index is 862. The molecule has 0 fully saturated rings. The van der Waals surface area contributed by atoms with E-state index in [1.54, 1.807) is 10.6 Å². The average molecular weight is 421 g/mol. The van der Waals surface area contributed by atoms with Crippen molar-refractivity contribution in [2.24, 2.45) is 0 Å². The molecule has 0 atom stereocenters. The Morgan fingerprint density at radius 3 is 2.59 bits per heavy atom. The molecule has 3 amide bonds. The lowest BCUT2D eigenvalue weighted by atomic mass is 10.1. The predicted octanol–water partition coefficient (Wildman–Crippen LogP) is 2.90. The monoisotopic (exact) mass is 421 g/mol. The smallest absolute Gasteiger partial charge is 0.321 e. The number of imide groups is 1. The van der Waals surface area contributed by atoms with Crippen LogP contribution in [0.4, 0.5) is 9.18 Å². The molecular formula is C19H24FN5O3S. The second-order valence-electron chi connectivity index (χ2n) is 7.08. The molecule has 0 aliphatic carbocycles. The Morgan fingerprint density at radius 1 is 1.28 bits per heavy atom. The summed E-state index contributed by atoms with van der Waals surface area (Å²) in [7, 11) is 0. The van der Waals surface area contributed by atoms with Gasteiger partial charge in [-0.3, -0.25) is 14.7 Å². The van der Waals surface area contributed by atoms with Gasteiger partial charge in [-0.1, -0.05) is 17.8 Å². The molecule has 0 spiro atoms. The summed E-state index contributed by atoms with van der Waals surface area (Å²) < 4.78 is 20.3. The Hall–Kier alpha value is -2.88. The van der Waals surface area contributed by atoms with E-state index in [0.29, 0.717) is 23.3 Å². The van der Waals surface area contributed by atoms with Gasteiger partial charge in [0.15, 0.2) is 11.0 Å².